The second-order valence-corrected chi connectivity index (χ2v) is 8.01. The summed E-state index contributed by atoms with van der Waals surface area (Å²) < 4.78 is 20.1. The summed E-state index contributed by atoms with van der Waals surface area (Å²) in [5.41, 5.74) is 1.33. The van der Waals surface area contributed by atoms with Crippen LogP contribution < -0.4 is 5.32 Å². The van der Waals surface area contributed by atoms with E-state index in [1.165, 1.54) is 0 Å². The number of nitrogens with zero attached hydrogens (tertiary/aromatic N) is 4. The summed E-state index contributed by atoms with van der Waals surface area (Å²) in [5.74, 6) is 0.252. The van der Waals surface area contributed by atoms with Gasteiger partial charge in [0.2, 0.25) is 5.91 Å². The van der Waals surface area contributed by atoms with Crippen LogP contribution in [0.2, 0.25) is 5.02 Å². The molecule has 1 saturated carbocycles. The molecule has 2 fully saturated rings. The first-order valence-corrected chi connectivity index (χ1v) is 10.3. The number of ether oxygens (including phenoxy) is 1. The van der Waals surface area contributed by atoms with Crippen LogP contribution in [0.5, 0.6) is 0 Å². The van der Waals surface area contributed by atoms with Gasteiger partial charge in [0.15, 0.2) is 17.5 Å². The molecule has 3 aromatic heterocycles. The monoisotopic (exact) mass is 430 g/mol. The number of aromatic amines is 1. The highest BCUT2D eigenvalue weighted by Gasteiger charge is 2.35. The first-order chi connectivity index (χ1) is 14.6. The number of hydrogen-bond acceptors (Lipinski definition) is 6. The molecule has 2 N–H and O–H groups in total. The van der Waals surface area contributed by atoms with Crippen molar-refractivity contribution in [3.05, 3.63) is 35.5 Å². The number of nitrogens with one attached hydrogen (secondary N) is 2. The van der Waals surface area contributed by atoms with Crippen LogP contribution in [-0.2, 0) is 9.53 Å². The van der Waals surface area contributed by atoms with Gasteiger partial charge in [-0.1, -0.05) is 11.6 Å². The molecule has 1 atom stereocenters. The maximum Gasteiger partial charge on any atom is 0.225 e. The molecule has 1 amide bonds. The Kier molecular flexibility index (Phi) is 5.00. The van der Waals surface area contributed by atoms with Gasteiger partial charge < -0.3 is 19.9 Å². The summed E-state index contributed by atoms with van der Waals surface area (Å²) >= 11 is 6.05. The van der Waals surface area contributed by atoms with Gasteiger partial charge in [-0.25, -0.2) is 19.3 Å². The van der Waals surface area contributed by atoms with Gasteiger partial charge in [-0.3, -0.25) is 4.79 Å². The molecule has 10 heteroatoms. The Hall–Kier alpha value is -2.78. The highest BCUT2D eigenvalue weighted by molar-refractivity contribution is 6.31. The number of pyridine rings is 1. The van der Waals surface area contributed by atoms with E-state index in [2.05, 4.69) is 25.3 Å². The molecule has 8 nitrogen and oxygen atoms in total. The molecule has 1 saturated heterocycles. The first-order valence-electron chi connectivity index (χ1n) is 9.88. The number of aromatic nitrogens is 4. The van der Waals surface area contributed by atoms with Crippen molar-refractivity contribution in [1.29, 1.82) is 0 Å². The highest BCUT2D eigenvalue weighted by Crippen LogP contribution is 2.31. The number of fused-ring (bicyclic) bond motifs is 1. The van der Waals surface area contributed by atoms with Crippen molar-refractivity contribution in [1.82, 2.24) is 24.8 Å². The average molecular weight is 431 g/mol. The molecule has 3 aromatic rings. The Morgan fingerprint density at radius 2 is 2.23 bits per heavy atom. The maximum absolute atomic E-state index is 14.3. The van der Waals surface area contributed by atoms with Gasteiger partial charge in [0.25, 0.3) is 0 Å². The predicted octanol–water partition coefficient (Wildman–Crippen LogP) is 2.86. The van der Waals surface area contributed by atoms with Crippen molar-refractivity contribution < 1.29 is 13.9 Å². The minimum Gasteiger partial charge on any atom is -0.373 e. The summed E-state index contributed by atoms with van der Waals surface area (Å²) in [6.45, 7) is 1.91. The van der Waals surface area contributed by atoms with Crippen molar-refractivity contribution in [3.63, 3.8) is 0 Å². The van der Waals surface area contributed by atoms with Crippen molar-refractivity contribution in [3.8, 4) is 11.4 Å². The normalized spacial score (nSPS) is 19.3. The van der Waals surface area contributed by atoms with Crippen LogP contribution in [0.15, 0.2) is 24.7 Å². The molecule has 4 heterocycles. The lowest BCUT2D eigenvalue weighted by atomic mass is 10.2. The molecule has 0 bridgehead atoms. The molecule has 0 radical (unpaired) electrons. The van der Waals surface area contributed by atoms with E-state index in [4.69, 9.17) is 16.3 Å². The number of amides is 1. The molecule has 1 aliphatic carbocycles. The smallest absolute Gasteiger partial charge is 0.225 e. The van der Waals surface area contributed by atoms with Crippen LogP contribution >= 0.6 is 11.6 Å². The van der Waals surface area contributed by atoms with Crippen LogP contribution in [0.3, 0.4) is 0 Å². The molecule has 156 valence electrons. The zero-order chi connectivity index (χ0) is 20.7. The lowest BCUT2D eigenvalue weighted by molar-refractivity contribution is -0.139. The molecule has 1 aliphatic heterocycles. The molecular weight excluding hydrogens is 411 g/mol. The van der Waals surface area contributed by atoms with E-state index in [1.54, 1.807) is 18.5 Å². The quantitative estimate of drug-likeness (QED) is 0.646. The number of halogens is 2. The lowest BCUT2D eigenvalue weighted by Crippen LogP contribution is -2.48. The van der Waals surface area contributed by atoms with Crippen molar-refractivity contribution in [2.45, 2.75) is 18.9 Å². The van der Waals surface area contributed by atoms with Gasteiger partial charge in [-0.05, 0) is 18.9 Å². The Morgan fingerprint density at radius 1 is 1.37 bits per heavy atom. The van der Waals surface area contributed by atoms with Crippen molar-refractivity contribution >= 4 is 34.4 Å². The Labute approximate surface area is 176 Å². The summed E-state index contributed by atoms with van der Waals surface area (Å²) in [5, 5.41) is 4.25. The van der Waals surface area contributed by atoms with E-state index in [1.807, 2.05) is 4.90 Å². The standard InChI is InChI=1S/C20H20ClFN6O2/c21-12-5-14-15(8-25-17(14)23-6-12)18-26-9-16(22)19(27-18)24-7-13-10-28(3-4-30-13)20(29)11-1-2-11/h5-6,8-9,11,13H,1-4,7,10H2,(H,23,25)(H,24,26,27). The van der Waals surface area contributed by atoms with E-state index in [0.29, 0.717) is 48.3 Å². The average Bonchev–Trinajstić information content (AvgIpc) is 3.53. The fourth-order valence-corrected chi connectivity index (χ4v) is 3.78. The lowest BCUT2D eigenvalue weighted by Gasteiger charge is -2.33. The van der Waals surface area contributed by atoms with E-state index < -0.39 is 5.82 Å². The molecule has 5 rings (SSSR count). The highest BCUT2D eigenvalue weighted by atomic mass is 35.5. The number of rotatable bonds is 5. The minimum atomic E-state index is -0.559. The second kappa shape index (κ2) is 7.81. The third kappa shape index (κ3) is 3.82. The van der Waals surface area contributed by atoms with Crippen LogP contribution in [-0.4, -0.2) is 63.1 Å². The Balaban J connectivity index is 1.31. The van der Waals surface area contributed by atoms with E-state index >= 15 is 0 Å². The van der Waals surface area contributed by atoms with E-state index in [0.717, 1.165) is 24.4 Å². The SMILES string of the molecule is O=C(C1CC1)N1CCOC(CNc2nc(-c3c[nH]c4ncc(Cl)cc34)ncc2F)C1. The molecule has 1 unspecified atom stereocenters. The van der Waals surface area contributed by atoms with Gasteiger partial charge in [0, 0.05) is 48.9 Å². The van der Waals surface area contributed by atoms with E-state index in [9.17, 15) is 9.18 Å². The third-order valence-electron chi connectivity index (χ3n) is 5.36. The summed E-state index contributed by atoms with van der Waals surface area (Å²) in [6, 6.07) is 1.76. The fraction of sp³-hybridized carbons (Fsp3) is 0.400. The first kappa shape index (κ1) is 19.2. The Bertz CT molecular complexity index is 1100. The van der Waals surface area contributed by atoms with Gasteiger partial charge in [-0.15, -0.1) is 0 Å². The summed E-state index contributed by atoms with van der Waals surface area (Å²) in [4.78, 5) is 29.9. The number of carbonyl (C=O) groups excluding carboxylic acids is 1. The summed E-state index contributed by atoms with van der Waals surface area (Å²) in [7, 11) is 0. The van der Waals surface area contributed by atoms with Crippen LogP contribution in [0.1, 0.15) is 12.8 Å². The maximum atomic E-state index is 14.3. The molecule has 0 aromatic carbocycles. The van der Waals surface area contributed by atoms with Crippen molar-refractivity contribution in [2.24, 2.45) is 5.92 Å². The zero-order valence-corrected chi connectivity index (χ0v) is 16.8. The second-order valence-electron chi connectivity index (χ2n) is 7.57. The molecule has 30 heavy (non-hydrogen) atoms. The van der Waals surface area contributed by atoms with Crippen molar-refractivity contribution in [2.75, 3.05) is 31.6 Å². The Morgan fingerprint density at radius 3 is 3.07 bits per heavy atom. The number of morpholine rings is 1. The number of carbonyl (C=O) groups is 1. The van der Waals surface area contributed by atoms with Crippen LogP contribution in [0.4, 0.5) is 10.2 Å². The largest absolute Gasteiger partial charge is 0.373 e. The fourth-order valence-electron chi connectivity index (χ4n) is 3.63. The van der Waals surface area contributed by atoms with Crippen LogP contribution in [0.25, 0.3) is 22.4 Å². The third-order valence-corrected chi connectivity index (χ3v) is 5.56. The van der Waals surface area contributed by atoms with Gasteiger partial charge in [0.05, 0.1) is 23.9 Å². The van der Waals surface area contributed by atoms with Gasteiger partial charge in [-0.2, -0.15) is 0 Å². The number of H-pyrrole nitrogens is 1. The summed E-state index contributed by atoms with van der Waals surface area (Å²) in [6.07, 6.45) is 6.12. The van der Waals surface area contributed by atoms with Crippen LogP contribution in [0, 0.1) is 11.7 Å². The topological polar surface area (TPSA) is 96.0 Å². The predicted molar refractivity (Wildman–Crippen MR) is 110 cm³/mol. The molecular formula is C20H20ClFN6O2. The number of hydrogen-bond donors (Lipinski definition) is 2. The van der Waals surface area contributed by atoms with Gasteiger partial charge in [0.1, 0.15) is 5.65 Å². The van der Waals surface area contributed by atoms with Gasteiger partial charge >= 0.3 is 0 Å². The van der Waals surface area contributed by atoms with E-state index in [-0.39, 0.29) is 23.7 Å². The zero-order valence-electron chi connectivity index (χ0n) is 16.1. The molecule has 2 aliphatic rings. The minimum absolute atomic E-state index is 0.0820. The molecule has 0 spiro atoms. The number of anilines is 1.